The molecule has 0 aliphatic rings. The quantitative estimate of drug-likeness (QED) is 0.672. The molecule has 0 bridgehead atoms. The first-order chi connectivity index (χ1) is 9.81. The Kier molecular flexibility index (Phi) is 3.97. The molecule has 8 nitrogen and oxygen atoms in total. The summed E-state index contributed by atoms with van der Waals surface area (Å²) >= 11 is 0. The standard InChI is InChI=1S/C13H19N5O3/c1-7(2)17-13(12(18(19)20)9(4)16-17)14-6-11-15-8(3)10(5)21-11/h7,14H,6H2,1-5H3. The lowest BCUT2D eigenvalue weighted by Crippen LogP contribution is -2.11. The summed E-state index contributed by atoms with van der Waals surface area (Å²) in [5.74, 6) is 1.62. The van der Waals surface area contributed by atoms with Crippen LogP contribution in [0.1, 0.15) is 42.9 Å². The van der Waals surface area contributed by atoms with E-state index in [-0.39, 0.29) is 18.3 Å². The van der Waals surface area contributed by atoms with Crippen LogP contribution in [0, 0.1) is 30.9 Å². The highest BCUT2D eigenvalue weighted by Gasteiger charge is 2.26. The van der Waals surface area contributed by atoms with Gasteiger partial charge >= 0.3 is 5.69 Å². The zero-order valence-corrected chi connectivity index (χ0v) is 12.8. The number of nitrogens with zero attached hydrogens (tertiary/aromatic N) is 4. The average Bonchev–Trinajstić information content (AvgIpc) is 2.87. The van der Waals surface area contributed by atoms with Gasteiger partial charge in [0.25, 0.3) is 0 Å². The molecular formula is C13H19N5O3. The molecule has 0 aliphatic carbocycles. The Morgan fingerprint density at radius 3 is 2.48 bits per heavy atom. The summed E-state index contributed by atoms with van der Waals surface area (Å²) in [6.07, 6.45) is 0. The van der Waals surface area contributed by atoms with Crippen LogP contribution in [0.25, 0.3) is 0 Å². The fourth-order valence-corrected chi connectivity index (χ4v) is 2.07. The highest BCUT2D eigenvalue weighted by atomic mass is 16.6. The van der Waals surface area contributed by atoms with E-state index in [1.54, 1.807) is 11.6 Å². The van der Waals surface area contributed by atoms with Crippen LogP contribution in [-0.4, -0.2) is 19.7 Å². The second-order valence-corrected chi connectivity index (χ2v) is 5.18. The maximum absolute atomic E-state index is 11.2. The van der Waals surface area contributed by atoms with Crippen LogP contribution < -0.4 is 5.32 Å². The van der Waals surface area contributed by atoms with Gasteiger partial charge in [-0.1, -0.05) is 0 Å². The van der Waals surface area contributed by atoms with Gasteiger partial charge in [0.15, 0.2) is 0 Å². The van der Waals surface area contributed by atoms with Crippen molar-refractivity contribution in [3.05, 3.63) is 33.2 Å². The molecule has 0 saturated heterocycles. The second kappa shape index (κ2) is 5.55. The molecule has 2 aromatic rings. The van der Waals surface area contributed by atoms with Crippen molar-refractivity contribution >= 4 is 11.5 Å². The lowest BCUT2D eigenvalue weighted by Gasteiger charge is -2.10. The van der Waals surface area contributed by atoms with Crippen LogP contribution in [-0.2, 0) is 6.54 Å². The first-order valence-corrected chi connectivity index (χ1v) is 6.71. The summed E-state index contributed by atoms with van der Waals surface area (Å²) in [6, 6.07) is 0.00734. The van der Waals surface area contributed by atoms with Gasteiger partial charge < -0.3 is 9.73 Å². The van der Waals surface area contributed by atoms with Crippen molar-refractivity contribution < 1.29 is 9.34 Å². The normalized spacial score (nSPS) is 11.1. The summed E-state index contributed by atoms with van der Waals surface area (Å²) in [7, 11) is 0. The number of rotatable bonds is 5. The first-order valence-electron chi connectivity index (χ1n) is 6.71. The van der Waals surface area contributed by atoms with Gasteiger partial charge in [0.1, 0.15) is 11.5 Å². The lowest BCUT2D eigenvalue weighted by molar-refractivity contribution is -0.384. The molecule has 0 unspecified atom stereocenters. The fraction of sp³-hybridized carbons (Fsp3) is 0.538. The van der Waals surface area contributed by atoms with Crippen LogP contribution in [0.3, 0.4) is 0 Å². The van der Waals surface area contributed by atoms with Gasteiger partial charge in [-0.15, -0.1) is 0 Å². The Bertz CT molecular complexity index is 652. The average molecular weight is 293 g/mol. The van der Waals surface area contributed by atoms with Crippen molar-refractivity contribution in [2.45, 2.75) is 47.2 Å². The largest absolute Gasteiger partial charge is 0.444 e. The van der Waals surface area contributed by atoms with E-state index in [4.69, 9.17) is 4.42 Å². The molecule has 114 valence electrons. The van der Waals surface area contributed by atoms with E-state index in [9.17, 15) is 10.1 Å². The number of aryl methyl sites for hydroxylation is 3. The Balaban J connectivity index is 2.31. The van der Waals surface area contributed by atoms with Crippen LogP contribution in [0.15, 0.2) is 4.42 Å². The molecule has 0 spiro atoms. The molecular weight excluding hydrogens is 274 g/mol. The zero-order chi connectivity index (χ0) is 15.7. The van der Waals surface area contributed by atoms with E-state index in [2.05, 4.69) is 15.4 Å². The predicted molar refractivity (Wildman–Crippen MR) is 77.3 cm³/mol. The SMILES string of the molecule is Cc1nc(CNc2c([N+](=O)[O-])c(C)nn2C(C)C)oc1C. The summed E-state index contributed by atoms with van der Waals surface area (Å²) in [5.41, 5.74) is 1.19. The van der Waals surface area contributed by atoms with Gasteiger partial charge in [0.05, 0.1) is 17.2 Å². The van der Waals surface area contributed by atoms with Gasteiger partial charge in [0.2, 0.25) is 11.7 Å². The number of hydrogen-bond donors (Lipinski definition) is 1. The van der Waals surface area contributed by atoms with Crippen molar-refractivity contribution in [3.8, 4) is 0 Å². The van der Waals surface area contributed by atoms with E-state index in [0.29, 0.717) is 17.4 Å². The van der Waals surface area contributed by atoms with Crippen LogP contribution in [0.4, 0.5) is 11.5 Å². The van der Waals surface area contributed by atoms with E-state index in [0.717, 1.165) is 11.5 Å². The fourth-order valence-electron chi connectivity index (χ4n) is 2.07. The van der Waals surface area contributed by atoms with Gasteiger partial charge in [-0.3, -0.25) is 10.1 Å². The number of oxazole rings is 1. The summed E-state index contributed by atoms with van der Waals surface area (Å²) < 4.78 is 7.08. The van der Waals surface area contributed by atoms with Crippen LogP contribution in [0.5, 0.6) is 0 Å². The molecule has 0 aromatic carbocycles. The third-order valence-corrected chi connectivity index (χ3v) is 3.21. The highest BCUT2D eigenvalue weighted by Crippen LogP contribution is 2.30. The topological polar surface area (TPSA) is 99.0 Å². The minimum Gasteiger partial charge on any atom is -0.444 e. The number of hydrogen-bond acceptors (Lipinski definition) is 6. The molecule has 0 radical (unpaired) electrons. The van der Waals surface area contributed by atoms with E-state index >= 15 is 0 Å². The minimum absolute atomic E-state index is 0.00734. The molecule has 0 amide bonds. The molecule has 21 heavy (non-hydrogen) atoms. The number of anilines is 1. The highest BCUT2D eigenvalue weighted by molar-refractivity contribution is 5.59. The van der Waals surface area contributed by atoms with Gasteiger partial charge in [0, 0.05) is 6.04 Å². The molecule has 8 heteroatoms. The predicted octanol–water partition coefficient (Wildman–Crippen LogP) is 2.90. The molecule has 2 heterocycles. The number of aromatic nitrogens is 3. The maximum Gasteiger partial charge on any atom is 0.333 e. The van der Waals surface area contributed by atoms with Crippen molar-refractivity contribution in [3.63, 3.8) is 0 Å². The third-order valence-electron chi connectivity index (χ3n) is 3.21. The first kappa shape index (κ1) is 15.0. The molecule has 0 atom stereocenters. The molecule has 1 N–H and O–H groups in total. The summed E-state index contributed by atoms with van der Waals surface area (Å²) in [4.78, 5) is 15.1. The van der Waals surface area contributed by atoms with Gasteiger partial charge in [-0.25, -0.2) is 9.67 Å². The van der Waals surface area contributed by atoms with Crippen molar-refractivity contribution in [2.75, 3.05) is 5.32 Å². The summed E-state index contributed by atoms with van der Waals surface area (Å²) in [6.45, 7) is 9.42. The Morgan fingerprint density at radius 2 is 2.00 bits per heavy atom. The van der Waals surface area contributed by atoms with Gasteiger partial charge in [-0.05, 0) is 34.6 Å². The van der Waals surface area contributed by atoms with Gasteiger partial charge in [-0.2, -0.15) is 5.10 Å². The second-order valence-electron chi connectivity index (χ2n) is 5.18. The van der Waals surface area contributed by atoms with Crippen LogP contribution in [0.2, 0.25) is 0 Å². The Hall–Kier alpha value is -2.38. The Labute approximate surface area is 122 Å². The number of nitrogens with one attached hydrogen (secondary N) is 1. The Morgan fingerprint density at radius 1 is 1.33 bits per heavy atom. The maximum atomic E-state index is 11.2. The van der Waals surface area contributed by atoms with E-state index in [1.165, 1.54) is 0 Å². The zero-order valence-electron chi connectivity index (χ0n) is 12.8. The van der Waals surface area contributed by atoms with Crippen LogP contribution >= 0.6 is 0 Å². The minimum atomic E-state index is -0.421. The van der Waals surface area contributed by atoms with Crippen molar-refractivity contribution in [1.82, 2.24) is 14.8 Å². The summed E-state index contributed by atoms with van der Waals surface area (Å²) in [5, 5.41) is 18.5. The molecule has 0 fully saturated rings. The monoisotopic (exact) mass is 293 g/mol. The molecule has 0 saturated carbocycles. The van der Waals surface area contributed by atoms with E-state index in [1.807, 2.05) is 27.7 Å². The molecule has 2 rings (SSSR count). The third kappa shape index (κ3) is 2.88. The number of nitro groups is 1. The smallest absolute Gasteiger partial charge is 0.333 e. The van der Waals surface area contributed by atoms with Crippen molar-refractivity contribution in [1.29, 1.82) is 0 Å². The lowest BCUT2D eigenvalue weighted by atomic mass is 10.3. The van der Waals surface area contributed by atoms with Crippen molar-refractivity contribution in [2.24, 2.45) is 0 Å². The molecule has 2 aromatic heterocycles. The van der Waals surface area contributed by atoms with E-state index < -0.39 is 4.92 Å². The molecule has 0 aliphatic heterocycles.